The first-order valence-electron chi connectivity index (χ1n) is 5.08. The highest BCUT2D eigenvalue weighted by Crippen LogP contribution is 2.11. The molecule has 0 saturated heterocycles. The van der Waals surface area contributed by atoms with Crippen LogP contribution in [0.4, 0.5) is 5.69 Å². The highest BCUT2D eigenvalue weighted by molar-refractivity contribution is 5.99. The summed E-state index contributed by atoms with van der Waals surface area (Å²) < 4.78 is 0. The van der Waals surface area contributed by atoms with E-state index < -0.39 is 0 Å². The summed E-state index contributed by atoms with van der Waals surface area (Å²) in [5, 5.41) is 7.38. The monoisotopic (exact) mass is 205 g/mol. The Hall–Kier alpha value is -1.75. The third kappa shape index (κ3) is 2.38. The molecule has 1 aliphatic rings. The molecular weight excluding hydrogens is 190 g/mol. The van der Waals surface area contributed by atoms with Crippen LogP contribution in [-0.4, -0.2) is 12.4 Å². The topological polar surface area (TPSA) is 60.5 Å². The lowest BCUT2D eigenvalue weighted by molar-refractivity contribution is 0.577. The van der Waals surface area contributed by atoms with Gasteiger partial charge in [-0.3, -0.25) is 5.43 Å². The van der Waals surface area contributed by atoms with Crippen LogP contribution in [0.1, 0.15) is 18.9 Å². The van der Waals surface area contributed by atoms with Gasteiger partial charge in [-0.1, -0.05) is 19.1 Å². The molecule has 15 heavy (non-hydrogen) atoms. The van der Waals surface area contributed by atoms with E-state index in [2.05, 4.69) is 46.0 Å². The molecule has 0 unspecified atom stereocenters. The molecule has 0 radical (unpaired) electrons. The van der Waals surface area contributed by atoms with Crippen molar-refractivity contribution < 1.29 is 0 Å². The number of rotatable bonds is 4. The van der Waals surface area contributed by atoms with Gasteiger partial charge in [-0.2, -0.15) is 0 Å². The van der Waals surface area contributed by atoms with Gasteiger partial charge in [0.05, 0.1) is 0 Å². The number of hydrogen-bond donors (Lipinski definition) is 4. The number of hydrazone groups is 1. The smallest absolute Gasteiger partial charge is 0.170 e. The Bertz CT molecular complexity index is 361. The van der Waals surface area contributed by atoms with Crippen molar-refractivity contribution in [2.45, 2.75) is 13.3 Å². The molecule has 0 aromatic heterocycles. The van der Waals surface area contributed by atoms with Gasteiger partial charge in [-0.15, -0.1) is 10.6 Å². The van der Waals surface area contributed by atoms with Crippen molar-refractivity contribution in [3.8, 4) is 0 Å². The van der Waals surface area contributed by atoms with Crippen molar-refractivity contribution in [2.75, 3.05) is 11.9 Å². The van der Waals surface area contributed by atoms with Crippen LogP contribution in [0.25, 0.3) is 0 Å². The van der Waals surface area contributed by atoms with Gasteiger partial charge in [0.15, 0.2) is 5.84 Å². The standard InChI is InChI=1S/C10H15N5/c1-2-6-11-9-5-3-4-8(7-9)10-12-14-15-13-10/h3-5,7,11,14-15H,2,6H2,1H3,(H,12,13). The number of hydrogen-bond acceptors (Lipinski definition) is 5. The summed E-state index contributed by atoms with van der Waals surface area (Å²) in [5.41, 5.74) is 10.4. The molecule has 80 valence electrons. The van der Waals surface area contributed by atoms with E-state index in [1.807, 2.05) is 12.1 Å². The summed E-state index contributed by atoms with van der Waals surface area (Å²) >= 11 is 0. The van der Waals surface area contributed by atoms with Gasteiger partial charge in [0.1, 0.15) is 0 Å². The van der Waals surface area contributed by atoms with Gasteiger partial charge in [0, 0.05) is 17.8 Å². The van der Waals surface area contributed by atoms with Gasteiger partial charge >= 0.3 is 0 Å². The molecule has 5 heteroatoms. The zero-order chi connectivity index (χ0) is 10.5. The number of anilines is 1. The fourth-order valence-electron chi connectivity index (χ4n) is 1.38. The van der Waals surface area contributed by atoms with Gasteiger partial charge < -0.3 is 5.32 Å². The lowest BCUT2D eigenvalue weighted by Crippen LogP contribution is -2.35. The molecule has 0 fully saturated rings. The summed E-state index contributed by atoms with van der Waals surface area (Å²) in [4.78, 5) is 0. The van der Waals surface area contributed by atoms with Crippen molar-refractivity contribution in [3.05, 3.63) is 29.8 Å². The van der Waals surface area contributed by atoms with E-state index in [0.29, 0.717) is 0 Å². The Balaban J connectivity index is 2.11. The highest BCUT2D eigenvalue weighted by Gasteiger charge is 2.07. The second-order valence-corrected chi connectivity index (χ2v) is 3.33. The fourth-order valence-corrected chi connectivity index (χ4v) is 1.38. The molecule has 1 aromatic carbocycles. The minimum Gasteiger partial charge on any atom is -0.385 e. The minimum atomic E-state index is 0.801. The molecule has 0 saturated carbocycles. The Morgan fingerprint density at radius 2 is 2.33 bits per heavy atom. The molecule has 0 atom stereocenters. The molecule has 0 aliphatic carbocycles. The van der Waals surface area contributed by atoms with Crippen molar-refractivity contribution in [1.29, 1.82) is 0 Å². The second kappa shape index (κ2) is 4.65. The van der Waals surface area contributed by atoms with Crippen molar-refractivity contribution in [1.82, 2.24) is 16.5 Å². The van der Waals surface area contributed by atoms with Gasteiger partial charge in [-0.25, -0.2) is 5.53 Å². The summed E-state index contributed by atoms with van der Waals surface area (Å²) in [5.74, 6) is 0.801. The maximum Gasteiger partial charge on any atom is 0.170 e. The van der Waals surface area contributed by atoms with E-state index in [0.717, 1.165) is 30.1 Å². The number of amidine groups is 1. The molecule has 1 aromatic rings. The third-order valence-electron chi connectivity index (χ3n) is 2.12. The maximum atomic E-state index is 4.04. The quantitative estimate of drug-likeness (QED) is 0.587. The predicted molar refractivity (Wildman–Crippen MR) is 61.2 cm³/mol. The molecule has 1 heterocycles. The van der Waals surface area contributed by atoms with Crippen LogP contribution in [0, 0.1) is 0 Å². The molecule has 5 nitrogen and oxygen atoms in total. The van der Waals surface area contributed by atoms with Gasteiger partial charge in [0.25, 0.3) is 0 Å². The predicted octanol–water partition coefficient (Wildman–Crippen LogP) is 0.782. The Morgan fingerprint density at radius 3 is 3.07 bits per heavy atom. The number of nitrogens with one attached hydrogen (secondary N) is 4. The van der Waals surface area contributed by atoms with Gasteiger partial charge in [0.2, 0.25) is 0 Å². The van der Waals surface area contributed by atoms with Crippen molar-refractivity contribution in [3.63, 3.8) is 0 Å². The Labute approximate surface area is 88.9 Å². The van der Waals surface area contributed by atoms with Crippen LogP contribution in [-0.2, 0) is 0 Å². The van der Waals surface area contributed by atoms with E-state index in [9.17, 15) is 0 Å². The summed E-state index contributed by atoms with van der Waals surface area (Å²) in [7, 11) is 0. The highest BCUT2D eigenvalue weighted by atomic mass is 15.8. The largest absolute Gasteiger partial charge is 0.385 e. The van der Waals surface area contributed by atoms with Crippen LogP contribution in [0.3, 0.4) is 0 Å². The third-order valence-corrected chi connectivity index (χ3v) is 2.12. The summed E-state index contributed by atoms with van der Waals surface area (Å²) in [6, 6.07) is 8.14. The van der Waals surface area contributed by atoms with Crippen molar-refractivity contribution >= 4 is 11.5 Å². The van der Waals surface area contributed by atoms with E-state index in [1.54, 1.807) is 0 Å². The first kappa shape index (κ1) is 9.79. The van der Waals surface area contributed by atoms with E-state index >= 15 is 0 Å². The summed E-state index contributed by atoms with van der Waals surface area (Å²) in [6.45, 7) is 3.13. The van der Waals surface area contributed by atoms with E-state index in [1.165, 1.54) is 0 Å². The van der Waals surface area contributed by atoms with Crippen LogP contribution < -0.4 is 21.8 Å². The normalized spacial score (nSPS) is 14.1. The van der Waals surface area contributed by atoms with Crippen molar-refractivity contribution in [2.24, 2.45) is 5.10 Å². The lowest BCUT2D eigenvalue weighted by atomic mass is 10.2. The molecule has 0 spiro atoms. The van der Waals surface area contributed by atoms with Crippen LogP contribution >= 0.6 is 0 Å². The number of hydrazine groups is 2. The molecule has 0 bridgehead atoms. The lowest BCUT2D eigenvalue weighted by Gasteiger charge is -2.06. The SMILES string of the molecule is CCCNc1cccc(C2=NNNN2)c1. The molecule has 4 N–H and O–H groups in total. The molecule has 2 rings (SSSR count). The first-order chi connectivity index (χ1) is 7.40. The van der Waals surface area contributed by atoms with E-state index in [-0.39, 0.29) is 0 Å². The summed E-state index contributed by atoms with van der Waals surface area (Å²) in [6.07, 6.45) is 1.12. The Morgan fingerprint density at radius 1 is 1.40 bits per heavy atom. The minimum absolute atomic E-state index is 0.801. The first-order valence-corrected chi connectivity index (χ1v) is 5.08. The number of benzene rings is 1. The average molecular weight is 205 g/mol. The number of nitrogens with zero attached hydrogens (tertiary/aromatic N) is 1. The van der Waals surface area contributed by atoms with E-state index in [4.69, 9.17) is 0 Å². The fraction of sp³-hybridized carbons (Fsp3) is 0.300. The molecule has 0 amide bonds. The van der Waals surface area contributed by atoms with Crippen LogP contribution in [0.2, 0.25) is 0 Å². The zero-order valence-electron chi connectivity index (χ0n) is 8.67. The van der Waals surface area contributed by atoms with Crippen LogP contribution in [0.15, 0.2) is 29.4 Å². The van der Waals surface area contributed by atoms with Crippen LogP contribution in [0.5, 0.6) is 0 Å². The maximum absolute atomic E-state index is 4.04. The Kier molecular flexibility index (Phi) is 3.04. The zero-order valence-corrected chi connectivity index (χ0v) is 8.67. The van der Waals surface area contributed by atoms with Gasteiger partial charge in [-0.05, 0) is 18.6 Å². The molecule has 1 aliphatic heterocycles. The average Bonchev–Trinajstić information content (AvgIpc) is 2.80. The molecular formula is C10H15N5. The second-order valence-electron chi connectivity index (χ2n) is 3.33.